The Kier molecular flexibility index (Phi) is 5.00. The smallest absolute Gasteiger partial charge is 0.183 e. The average molecular weight is 463 g/mol. The first-order valence-corrected chi connectivity index (χ1v) is 13.1. The lowest BCUT2D eigenvalue weighted by Gasteiger charge is -2.65. The minimum atomic E-state index is -0.597. The molecule has 1 heterocycles. The van der Waals surface area contributed by atoms with E-state index in [4.69, 9.17) is 4.74 Å². The zero-order valence-corrected chi connectivity index (χ0v) is 20.5. The van der Waals surface area contributed by atoms with E-state index in [0.29, 0.717) is 22.8 Å². The van der Waals surface area contributed by atoms with E-state index >= 15 is 0 Å². The van der Waals surface area contributed by atoms with E-state index in [-0.39, 0.29) is 6.61 Å². The summed E-state index contributed by atoms with van der Waals surface area (Å²) in [5.41, 5.74) is 3.86. The molecule has 4 nitrogen and oxygen atoms in total. The number of hydrogen-bond acceptors (Lipinski definition) is 5. The Hall–Kier alpha value is -2.11. The summed E-state index contributed by atoms with van der Waals surface area (Å²) in [6, 6.07) is 16.9. The summed E-state index contributed by atoms with van der Waals surface area (Å²) in [7, 11) is 0. The quantitative estimate of drug-likeness (QED) is 0.427. The van der Waals surface area contributed by atoms with E-state index in [0.717, 1.165) is 27.0 Å². The van der Waals surface area contributed by atoms with Gasteiger partial charge in [-0.25, -0.2) is 4.98 Å². The largest absolute Gasteiger partial charge is 0.491 e. The van der Waals surface area contributed by atoms with Gasteiger partial charge in [0.25, 0.3) is 0 Å². The zero-order chi connectivity index (χ0) is 22.7. The van der Waals surface area contributed by atoms with Crippen LogP contribution >= 0.6 is 11.3 Å². The average Bonchev–Trinajstić information content (AvgIpc) is 3.17. The van der Waals surface area contributed by atoms with Crippen LogP contribution in [0.5, 0.6) is 5.75 Å². The van der Waals surface area contributed by atoms with Crippen LogP contribution in [0.4, 0.5) is 5.13 Å². The molecule has 4 fully saturated rings. The first-order chi connectivity index (χ1) is 15.8. The van der Waals surface area contributed by atoms with E-state index in [2.05, 4.69) is 54.5 Å². The Labute approximate surface area is 200 Å². The van der Waals surface area contributed by atoms with Crippen LogP contribution in [0.3, 0.4) is 0 Å². The summed E-state index contributed by atoms with van der Waals surface area (Å²) in [6.45, 7) is 5.75. The normalized spacial score (nSPS) is 33.4. The molecular formula is C28H34N2O2S. The molecule has 33 heavy (non-hydrogen) atoms. The highest BCUT2D eigenvalue weighted by atomic mass is 32.1. The summed E-state index contributed by atoms with van der Waals surface area (Å²) < 4.78 is 7.07. The van der Waals surface area contributed by atoms with Crippen molar-refractivity contribution in [3.63, 3.8) is 0 Å². The number of thiazole rings is 1. The molecule has 7 rings (SSSR count). The van der Waals surface area contributed by atoms with Gasteiger partial charge in [-0.15, -0.1) is 0 Å². The molecule has 5 atom stereocenters. The van der Waals surface area contributed by atoms with Gasteiger partial charge in [-0.3, -0.25) is 0 Å². The Morgan fingerprint density at radius 2 is 1.76 bits per heavy atom. The summed E-state index contributed by atoms with van der Waals surface area (Å²) in [4.78, 5) is 4.56. The van der Waals surface area contributed by atoms with Crippen LogP contribution in [-0.4, -0.2) is 29.3 Å². The highest BCUT2D eigenvalue weighted by Crippen LogP contribution is 2.69. The molecule has 2 aromatic carbocycles. The fraction of sp³-hybridized carbons (Fsp3) is 0.536. The second-order valence-electron chi connectivity index (χ2n) is 11.8. The molecule has 0 aliphatic heterocycles. The predicted molar refractivity (Wildman–Crippen MR) is 135 cm³/mol. The van der Waals surface area contributed by atoms with Crippen LogP contribution < -0.4 is 10.1 Å². The van der Waals surface area contributed by atoms with E-state index in [1.165, 1.54) is 44.1 Å². The third-order valence-electron chi connectivity index (χ3n) is 8.32. The number of aliphatic hydroxyl groups is 1. The summed E-state index contributed by atoms with van der Waals surface area (Å²) in [6.07, 6.45) is 7.69. The lowest BCUT2D eigenvalue weighted by atomic mass is 9.39. The van der Waals surface area contributed by atoms with Crippen molar-refractivity contribution in [2.45, 2.75) is 63.9 Å². The van der Waals surface area contributed by atoms with Crippen molar-refractivity contribution in [3.8, 4) is 5.75 Å². The first-order valence-electron chi connectivity index (χ1n) is 12.3. The molecule has 174 valence electrons. The molecule has 5 heteroatoms. The van der Waals surface area contributed by atoms with Crippen LogP contribution in [0, 0.1) is 16.7 Å². The third-order valence-corrected chi connectivity index (χ3v) is 9.31. The number of para-hydroxylation sites is 1. The minimum absolute atomic E-state index is 0.264. The van der Waals surface area contributed by atoms with Crippen molar-refractivity contribution in [1.82, 2.24) is 4.98 Å². The highest BCUT2D eigenvalue weighted by Gasteiger charge is 2.60. The van der Waals surface area contributed by atoms with Crippen molar-refractivity contribution in [3.05, 3.63) is 54.1 Å². The number of aromatic nitrogens is 1. The number of aliphatic hydroxyl groups excluding tert-OH is 1. The van der Waals surface area contributed by atoms with Crippen LogP contribution in [0.1, 0.15) is 57.9 Å². The highest BCUT2D eigenvalue weighted by molar-refractivity contribution is 7.22. The molecule has 2 N–H and O–H groups in total. The SMILES string of the molecule is C[C@]12CC3CC(c4ccc(OCC(O)CNc5nc6ccccc6s5)cc4)(C1)C[C@@](C)(C3)C2. The number of anilines is 1. The molecular weight excluding hydrogens is 428 g/mol. The van der Waals surface area contributed by atoms with E-state index in [9.17, 15) is 5.11 Å². The molecule has 0 saturated heterocycles. The maximum atomic E-state index is 10.4. The molecule has 0 radical (unpaired) electrons. The standard InChI is InChI=1S/C28H34N2O2S/c1-26-11-19-12-27(2,16-26)18-28(13-19,17-26)20-7-9-22(10-8-20)32-15-21(31)14-29-25-30-23-5-3-4-6-24(23)33-25/h3-10,19,21,31H,11-18H2,1-2H3,(H,29,30)/t19?,21?,26-,27+,28?. The monoisotopic (exact) mass is 462 g/mol. The Bertz CT molecular complexity index is 1110. The lowest BCUT2D eigenvalue weighted by molar-refractivity contribution is -0.110. The number of fused-ring (bicyclic) bond motifs is 1. The van der Waals surface area contributed by atoms with E-state index < -0.39 is 6.10 Å². The topological polar surface area (TPSA) is 54.4 Å². The van der Waals surface area contributed by atoms with Gasteiger partial charge in [0.05, 0.1) is 10.2 Å². The minimum Gasteiger partial charge on any atom is -0.491 e. The summed E-state index contributed by atoms with van der Waals surface area (Å²) in [5.74, 6) is 1.73. The maximum Gasteiger partial charge on any atom is 0.183 e. The number of nitrogens with one attached hydrogen (secondary N) is 1. The Morgan fingerprint density at radius 1 is 1.03 bits per heavy atom. The van der Waals surface area contributed by atoms with Gasteiger partial charge in [0.1, 0.15) is 18.5 Å². The Balaban J connectivity index is 1.06. The van der Waals surface area contributed by atoms with Crippen LogP contribution in [0.2, 0.25) is 0 Å². The molecule has 0 spiro atoms. The summed E-state index contributed by atoms with van der Waals surface area (Å²) >= 11 is 1.60. The number of benzene rings is 2. The van der Waals surface area contributed by atoms with Crippen molar-refractivity contribution >= 4 is 26.7 Å². The molecule has 3 aromatic rings. The van der Waals surface area contributed by atoms with Crippen molar-refractivity contribution in [2.75, 3.05) is 18.5 Å². The second kappa shape index (κ2) is 7.71. The lowest BCUT2D eigenvalue weighted by Crippen LogP contribution is -2.56. The third kappa shape index (κ3) is 4.04. The molecule has 1 aromatic heterocycles. The van der Waals surface area contributed by atoms with Crippen LogP contribution in [0.25, 0.3) is 10.2 Å². The number of ether oxygens (including phenoxy) is 1. The van der Waals surface area contributed by atoms with Gasteiger partial charge in [0.15, 0.2) is 5.13 Å². The molecule has 4 aliphatic carbocycles. The van der Waals surface area contributed by atoms with Gasteiger partial charge in [-0.1, -0.05) is 49.4 Å². The molecule has 4 saturated carbocycles. The number of rotatable bonds is 7. The maximum absolute atomic E-state index is 10.4. The van der Waals surface area contributed by atoms with Crippen molar-refractivity contribution in [1.29, 1.82) is 0 Å². The molecule has 4 bridgehead atoms. The van der Waals surface area contributed by atoms with E-state index in [1.54, 1.807) is 11.3 Å². The van der Waals surface area contributed by atoms with Crippen molar-refractivity contribution < 1.29 is 9.84 Å². The van der Waals surface area contributed by atoms with E-state index in [1.807, 2.05) is 18.2 Å². The van der Waals surface area contributed by atoms with Gasteiger partial charge in [-0.05, 0) is 90.5 Å². The van der Waals surface area contributed by atoms with Gasteiger partial charge in [0, 0.05) is 6.54 Å². The molecule has 3 unspecified atom stereocenters. The predicted octanol–water partition coefficient (Wildman–Crippen LogP) is 6.40. The molecule has 0 amide bonds. The molecule has 4 aliphatic rings. The summed E-state index contributed by atoms with van der Waals surface area (Å²) in [5, 5.41) is 14.5. The fourth-order valence-corrected chi connectivity index (χ4v) is 8.95. The Morgan fingerprint density at radius 3 is 2.45 bits per heavy atom. The number of nitrogens with zero attached hydrogens (tertiary/aromatic N) is 1. The second-order valence-corrected chi connectivity index (χ2v) is 12.8. The van der Waals surface area contributed by atoms with Gasteiger partial charge in [0.2, 0.25) is 0 Å². The van der Waals surface area contributed by atoms with Gasteiger partial charge in [-0.2, -0.15) is 0 Å². The van der Waals surface area contributed by atoms with Crippen molar-refractivity contribution in [2.24, 2.45) is 16.7 Å². The number of hydrogen-bond donors (Lipinski definition) is 2. The van der Waals surface area contributed by atoms with Crippen LogP contribution in [0.15, 0.2) is 48.5 Å². The first kappa shape index (κ1) is 21.4. The van der Waals surface area contributed by atoms with Gasteiger partial charge < -0.3 is 15.2 Å². The zero-order valence-electron chi connectivity index (χ0n) is 19.6. The van der Waals surface area contributed by atoms with Crippen LogP contribution in [-0.2, 0) is 5.41 Å². The fourth-order valence-electron chi connectivity index (χ4n) is 8.08. The van der Waals surface area contributed by atoms with Gasteiger partial charge >= 0.3 is 0 Å².